The first kappa shape index (κ1) is 10.3. The summed E-state index contributed by atoms with van der Waals surface area (Å²) in [6.07, 6.45) is 4.45. The minimum Gasteiger partial charge on any atom is -0.491 e. The van der Waals surface area contributed by atoms with Crippen LogP contribution in [-0.4, -0.2) is 11.6 Å². The van der Waals surface area contributed by atoms with E-state index in [1.807, 2.05) is 18.3 Å². The van der Waals surface area contributed by atoms with Crippen molar-refractivity contribution in [1.29, 1.82) is 0 Å². The molecule has 1 fully saturated rings. The highest BCUT2D eigenvalue weighted by atomic mass is 127. The summed E-state index contributed by atoms with van der Waals surface area (Å²) in [5.74, 6) is 1.70. The molecular weight excluding hydrogens is 313 g/mol. The summed E-state index contributed by atoms with van der Waals surface area (Å²) in [6, 6.07) is 8.18. The molecule has 0 N–H and O–H groups in total. The molecule has 2 aromatic rings. The maximum Gasteiger partial charge on any atom is 0.145 e. The van der Waals surface area contributed by atoms with E-state index in [4.69, 9.17) is 4.74 Å². The van der Waals surface area contributed by atoms with E-state index in [1.165, 1.54) is 21.8 Å². The van der Waals surface area contributed by atoms with Crippen LogP contribution in [0.4, 0.5) is 0 Å². The summed E-state index contributed by atoms with van der Waals surface area (Å²) in [6.45, 7) is 0.840. The predicted octanol–water partition coefficient (Wildman–Crippen LogP) is 3.63. The van der Waals surface area contributed by atoms with E-state index in [1.54, 1.807) is 0 Å². The van der Waals surface area contributed by atoms with Crippen LogP contribution < -0.4 is 4.74 Å². The van der Waals surface area contributed by atoms with Gasteiger partial charge in [-0.05, 0) is 59.5 Å². The van der Waals surface area contributed by atoms with Crippen LogP contribution in [0.25, 0.3) is 10.9 Å². The third-order valence-corrected chi connectivity index (χ3v) is 3.79. The summed E-state index contributed by atoms with van der Waals surface area (Å²) < 4.78 is 7.05. The van der Waals surface area contributed by atoms with Crippen molar-refractivity contribution in [2.75, 3.05) is 6.61 Å². The first-order valence-corrected chi connectivity index (χ1v) is 6.58. The third-order valence-electron chi connectivity index (χ3n) is 2.85. The molecule has 1 heterocycles. The van der Waals surface area contributed by atoms with Gasteiger partial charge in [-0.2, -0.15) is 0 Å². The number of aromatic nitrogens is 1. The fourth-order valence-corrected chi connectivity index (χ4v) is 2.34. The fourth-order valence-electron chi connectivity index (χ4n) is 1.72. The van der Waals surface area contributed by atoms with Gasteiger partial charge in [0.2, 0.25) is 0 Å². The lowest BCUT2D eigenvalue weighted by Gasteiger charge is -2.08. The Kier molecular flexibility index (Phi) is 2.71. The second-order valence-corrected chi connectivity index (χ2v) is 5.36. The second kappa shape index (κ2) is 4.20. The Morgan fingerprint density at radius 3 is 3.00 bits per heavy atom. The molecule has 2 nitrogen and oxygen atoms in total. The SMILES string of the molecule is Ic1ccc(OCC2CC2)c2ncccc12. The highest BCUT2D eigenvalue weighted by molar-refractivity contribution is 14.1. The molecule has 0 radical (unpaired) electrons. The minimum absolute atomic E-state index is 0.776. The molecular formula is C13H12INO. The molecule has 1 aliphatic carbocycles. The van der Waals surface area contributed by atoms with Crippen LogP contribution in [0.15, 0.2) is 30.5 Å². The zero-order valence-corrected chi connectivity index (χ0v) is 11.0. The van der Waals surface area contributed by atoms with Crippen LogP contribution in [-0.2, 0) is 0 Å². The van der Waals surface area contributed by atoms with E-state index in [9.17, 15) is 0 Å². The molecule has 16 heavy (non-hydrogen) atoms. The summed E-state index contributed by atoms with van der Waals surface area (Å²) in [7, 11) is 0. The molecule has 0 unspecified atom stereocenters. The molecule has 1 aliphatic rings. The number of hydrogen-bond acceptors (Lipinski definition) is 2. The summed E-state index contributed by atoms with van der Waals surface area (Å²) >= 11 is 2.33. The number of pyridine rings is 1. The summed E-state index contributed by atoms with van der Waals surface area (Å²) in [5.41, 5.74) is 0.982. The molecule has 1 saturated carbocycles. The van der Waals surface area contributed by atoms with Gasteiger partial charge in [-0.1, -0.05) is 6.07 Å². The van der Waals surface area contributed by atoms with Crippen LogP contribution in [0, 0.1) is 9.49 Å². The van der Waals surface area contributed by atoms with Crippen molar-refractivity contribution in [2.45, 2.75) is 12.8 Å². The molecule has 0 spiro atoms. The summed E-state index contributed by atoms with van der Waals surface area (Å²) in [5, 5.41) is 1.18. The van der Waals surface area contributed by atoms with Crippen LogP contribution in [0.3, 0.4) is 0 Å². The van der Waals surface area contributed by atoms with Gasteiger partial charge in [-0.25, -0.2) is 0 Å². The van der Waals surface area contributed by atoms with Crippen LogP contribution in [0.1, 0.15) is 12.8 Å². The average Bonchev–Trinajstić information content (AvgIpc) is 3.13. The Bertz CT molecular complexity index is 522. The van der Waals surface area contributed by atoms with Crippen molar-refractivity contribution in [3.63, 3.8) is 0 Å². The van der Waals surface area contributed by atoms with Gasteiger partial charge in [0, 0.05) is 15.2 Å². The molecule has 0 bridgehead atoms. The number of ether oxygens (including phenoxy) is 1. The quantitative estimate of drug-likeness (QED) is 0.804. The first-order valence-electron chi connectivity index (χ1n) is 5.50. The molecule has 0 atom stereocenters. The molecule has 1 aromatic carbocycles. The highest BCUT2D eigenvalue weighted by Gasteiger charge is 2.22. The minimum atomic E-state index is 0.776. The maximum absolute atomic E-state index is 5.83. The van der Waals surface area contributed by atoms with Crippen molar-refractivity contribution in [3.05, 3.63) is 34.0 Å². The molecule has 3 heteroatoms. The molecule has 1 aromatic heterocycles. The Balaban J connectivity index is 1.99. The van der Waals surface area contributed by atoms with E-state index in [0.29, 0.717) is 0 Å². The number of hydrogen-bond donors (Lipinski definition) is 0. The highest BCUT2D eigenvalue weighted by Crippen LogP contribution is 2.32. The molecule has 0 saturated heterocycles. The van der Waals surface area contributed by atoms with Crippen molar-refractivity contribution in [2.24, 2.45) is 5.92 Å². The van der Waals surface area contributed by atoms with Crippen molar-refractivity contribution < 1.29 is 4.74 Å². The van der Waals surface area contributed by atoms with Gasteiger partial charge in [0.15, 0.2) is 0 Å². The van der Waals surface area contributed by atoms with Crippen LogP contribution >= 0.6 is 22.6 Å². The van der Waals surface area contributed by atoms with E-state index in [0.717, 1.165) is 23.8 Å². The number of halogens is 1. The van der Waals surface area contributed by atoms with Crippen molar-refractivity contribution in [3.8, 4) is 5.75 Å². The Morgan fingerprint density at radius 2 is 2.19 bits per heavy atom. The molecule has 82 valence electrons. The van der Waals surface area contributed by atoms with E-state index in [2.05, 4.69) is 39.7 Å². The van der Waals surface area contributed by atoms with Gasteiger partial charge in [0.05, 0.1) is 6.61 Å². The number of fused-ring (bicyclic) bond motifs is 1. The number of benzene rings is 1. The van der Waals surface area contributed by atoms with Gasteiger partial charge >= 0.3 is 0 Å². The van der Waals surface area contributed by atoms with Crippen molar-refractivity contribution >= 4 is 33.5 Å². The smallest absolute Gasteiger partial charge is 0.145 e. The zero-order valence-electron chi connectivity index (χ0n) is 8.82. The van der Waals surface area contributed by atoms with Crippen LogP contribution in [0.5, 0.6) is 5.75 Å². The zero-order chi connectivity index (χ0) is 11.0. The van der Waals surface area contributed by atoms with Gasteiger partial charge in [0.25, 0.3) is 0 Å². The van der Waals surface area contributed by atoms with E-state index < -0.39 is 0 Å². The van der Waals surface area contributed by atoms with Gasteiger partial charge in [-0.3, -0.25) is 4.98 Å². The lowest BCUT2D eigenvalue weighted by Crippen LogP contribution is -2.00. The van der Waals surface area contributed by atoms with Gasteiger partial charge in [-0.15, -0.1) is 0 Å². The van der Waals surface area contributed by atoms with Crippen molar-refractivity contribution in [1.82, 2.24) is 4.98 Å². The fraction of sp³-hybridized carbons (Fsp3) is 0.308. The Labute approximate surface area is 108 Å². The average molecular weight is 325 g/mol. The lowest BCUT2D eigenvalue weighted by molar-refractivity contribution is 0.302. The maximum atomic E-state index is 5.83. The third kappa shape index (κ3) is 2.00. The summed E-state index contributed by atoms with van der Waals surface area (Å²) in [4.78, 5) is 4.41. The number of rotatable bonds is 3. The monoisotopic (exact) mass is 325 g/mol. The second-order valence-electron chi connectivity index (χ2n) is 4.20. The lowest BCUT2D eigenvalue weighted by atomic mass is 10.2. The standard InChI is InChI=1S/C13H12INO/c14-11-5-6-12(16-8-9-3-4-9)13-10(11)2-1-7-15-13/h1-2,5-7,9H,3-4,8H2. The normalized spacial score (nSPS) is 15.3. The van der Waals surface area contributed by atoms with Gasteiger partial charge in [0.1, 0.15) is 11.3 Å². The van der Waals surface area contributed by atoms with E-state index in [-0.39, 0.29) is 0 Å². The Hall–Kier alpha value is -0.840. The predicted molar refractivity (Wildman–Crippen MR) is 72.7 cm³/mol. The molecule has 0 amide bonds. The largest absolute Gasteiger partial charge is 0.491 e. The topological polar surface area (TPSA) is 22.1 Å². The van der Waals surface area contributed by atoms with E-state index >= 15 is 0 Å². The first-order chi connectivity index (χ1) is 7.84. The van der Waals surface area contributed by atoms with Gasteiger partial charge < -0.3 is 4.74 Å². The Morgan fingerprint density at radius 1 is 1.31 bits per heavy atom. The molecule has 3 rings (SSSR count). The number of nitrogens with zero attached hydrogens (tertiary/aromatic N) is 1. The molecule has 0 aliphatic heterocycles. The van der Waals surface area contributed by atoms with Crippen LogP contribution in [0.2, 0.25) is 0 Å².